The maximum atomic E-state index is 5.99. The van der Waals surface area contributed by atoms with Crippen LogP contribution in [0.1, 0.15) is 25.6 Å². The number of nitrogen functional groups attached to an aromatic ring is 1. The smallest absolute Gasteiger partial charge is 0.144 e. The normalized spacial score (nSPS) is 19.2. The van der Waals surface area contributed by atoms with Gasteiger partial charge in [0.25, 0.3) is 0 Å². The molecule has 1 aromatic carbocycles. The predicted molar refractivity (Wildman–Crippen MR) is 91.2 cm³/mol. The van der Waals surface area contributed by atoms with E-state index >= 15 is 0 Å². The zero-order valence-corrected chi connectivity index (χ0v) is 13.1. The molecule has 4 rings (SSSR count). The lowest BCUT2D eigenvalue weighted by atomic mass is 10.00. The molecule has 3 N–H and O–H groups in total. The summed E-state index contributed by atoms with van der Waals surface area (Å²) in [5, 5.41) is 2.21. The number of aryl methyl sites for hydroxylation is 1. The first-order valence-electron chi connectivity index (χ1n) is 7.92. The van der Waals surface area contributed by atoms with Crippen LogP contribution in [0.2, 0.25) is 0 Å². The maximum absolute atomic E-state index is 5.99. The predicted octanol–water partition coefficient (Wildman–Crippen LogP) is 3.24. The minimum atomic E-state index is 0.703. The summed E-state index contributed by atoms with van der Waals surface area (Å²) >= 11 is 0. The number of benzene rings is 1. The van der Waals surface area contributed by atoms with Crippen molar-refractivity contribution in [2.75, 3.05) is 23.7 Å². The van der Waals surface area contributed by atoms with Gasteiger partial charge in [-0.15, -0.1) is 0 Å². The van der Waals surface area contributed by atoms with Crippen molar-refractivity contribution >= 4 is 33.4 Å². The minimum absolute atomic E-state index is 0.703. The molecule has 3 aromatic rings. The van der Waals surface area contributed by atoms with Gasteiger partial charge in [-0.2, -0.15) is 0 Å². The van der Waals surface area contributed by atoms with Crippen molar-refractivity contribution in [3.8, 4) is 0 Å². The molecule has 0 amide bonds. The van der Waals surface area contributed by atoms with Crippen LogP contribution in [0, 0.1) is 12.8 Å². The third-order valence-electron chi connectivity index (χ3n) is 4.52. The Morgan fingerprint density at radius 1 is 1.32 bits per heavy atom. The summed E-state index contributed by atoms with van der Waals surface area (Å²) in [5.74, 6) is 2.56. The lowest BCUT2D eigenvalue weighted by Gasteiger charge is -2.32. The number of H-pyrrole nitrogens is 1. The monoisotopic (exact) mass is 295 g/mol. The topological polar surface area (TPSA) is 70.8 Å². The first-order chi connectivity index (χ1) is 10.6. The van der Waals surface area contributed by atoms with Crippen molar-refractivity contribution in [1.82, 2.24) is 15.0 Å². The fourth-order valence-corrected chi connectivity index (χ4v) is 3.51. The van der Waals surface area contributed by atoms with Crippen molar-refractivity contribution in [3.05, 3.63) is 24.0 Å². The van der Waals surface area contributed by atoms with Gasteiger partial charge < -0.3 is 15.6 Å². The van der Waals surface area contributed by atoms with E-state index in [1.807, 2.05) is 25.1 Å². The highest BCUT2D eigenvalue weighted by molar-refractivity contribution is 6.12. The summed E-state index contributed by atoms with van der Waals surface area (Å²) in [6.45, 7) is 6.38. The Kier molecular flexibility index (Phi) is 2.96. The van der Waals surface area contributed by atoms with Gasteiger partial charge in [0, 0.05) is 29.7 Å². The quantitative estimate of drug-likeness (QED) is 0.676. The van der Waals surface area contributed by atoms with Gasteiger partial charge in [-0.25, -0.2) is 9.97 Å². The highest BCUT2D eigenvalue weighted by Gasteiger charge is 2.22. The molecule has 2 aromatic heterocycles. The van der Waals surface area contributed by atoms with E-state index in [-0.39, 0.29) is 0 Å². The molecular formula is C17H21N5. The molecule has 0 radical (unpaired) electrons. The first kappa shape index (κ1) is 13.4. The molecule has 1 aliphatic rings. The number of anilines is 2. The number of rotatable bonds is 1. The van der Waals surface area contributed by atoms with E-state index in [0.717, 1.165) is 52.4 Å². The number of aromatic nitrogens is 3. The number of hydrogen-bond acceptors (Lipinski definition) is 4. The van der Waals surface area contributed by atoms with Crippen molar-refractivity contribution < 1.29 is 0 Å². The minimum Gasteiger partial charge on any atom is -0.399 e. The number of aromatic amines is 1. The van der Waals surface area contributed by atoms with Gasteiger partial charge in [0.2, 0.25) is 0 Å². The van der Waals surface area contributed by atoms with E-state index in [1.54, 1.807) is 0 Å². The van der Waals surface area contributed by atoms with Gasteiger partial charge in [0.15, 0.2) is 0 Å². The number of nitrogens with zero attached hydrogens (tertiary/aromatic N) is 3. The number of fused-ring (bicyclic) bond motifs is 3. The molecule has 0 aliphatic carbocycles. The highest BCUT2D eigenvalue weighted by atomic mass is 15.2. The Bertz CT molecular complexity index is 851. The fourth-order valence-electron chi connectivity index (χ4n) is 3.51. The van der Waals surface area contributed by atoms with Crippen LogP contribution >= 0.6 is 0 Å². The zero-order chi connectivity index (χ0) is 15.3. The summed E-state index contributed by atoms with van der Waals surface area (Å²) in [6.07, 6.45) is 2.51. The summed E-state index contributed by atoms with van der Waals surface area (Å²) in [7, 11) is 0. The van der Waals surface area contributed by atoms with Crippen molar-refractivity contribution in [1.29, 1.82) is 0 Å². The van der Waals surface area contributed by atoms with Gasteiger partial charge in [0.1, 0.15) is 17.3 Å². The highest BCUT2D eigenvalue weighted by Crippen LogP contribution is 2.34. The van der Waals surface area contributed by atoms with E-state index in [2.05, 4.69) is 21.8 Å². The van der Waals surface area contributed by atoms with E-state index in [1.165, 1.54) is 12.8 Å². The van der Waals surface area contributed by atoms with E-state index in [0.29, 0.717) is 5.92 Å². The third kappa shape index (κ3) is 2.08. The molecule has 5 nitrogen and oxygen atoms in total. The second kappa shape index (κ2) is 4.87. The summed E-state index contributed by atoms with van der Waals surface area (Å²) < 4.78 is 0. The van der Waals surface area contributed by atoms with E-state index in [4.69, 9.17) is 10.7 Å². The van der Waals surface area contributed by atoms with Gasteiger partial charge in [0.05, 0.1) is 5.39 Å². The van der Waals surface area contributed by atoms with Crippen molar-refractivity contribution in [3.63, 3.8) is 0 Å². The second-order valence-electron chi connectivity index (χ2n) is 6.44. The molecule has 1 saturated heterocycles. The van der Waals surface area contributed by atoms with Crippen LogP contribution in [0.3, 0.4) is 0 Å². The molecule has 0 bridgehead atoms. The average Bonchev–Trinajstić information content (AvgIpc) is 2.83. The van der Waals surface area contributed by atoms with Crippen LogP contribution in [0.4, 0.5) is 11.5 Å². The number of nitrogens with one attached hydrogen (secondary N) is 1. The molecule has 1 atom stereocenters. The van der Waals surface area contributed by atoms with Crippen LogP contribution in [0.5, 0.6) is 0 Å². The number of hydrogen-bond donors (Lipinski definition) is 2. The first-order valence-corrected chi connectivity index (χ1v) is 7.92. The molecule has 1 fully saturated rings. The van der Waals surface area contributed by atoms with Crippen molar-refractivity contribution in [2.24, 2.45) is 5.92 Å². The molecular weight excluding hydrogens is 274 g/mol. The lowest BCUT2D eigenvalue weighted by molar-refractivity contribution is 0.445. The van der Waals surface area contributed by atoms with E-state index in [9.17, 15) is 0 Å². The Hall–Kier alpha value is -2.30. The standard InChI is InChI=1S/C17H21N5/c1-10-4-3-7-22(9-10)17-15-13-8-12(18)5-6-14(13)21-16(15)19-11(2)20-17/h5-6,8,10H,3-4,7,9,18H2,1-2H3,(H,19,20,21). The summed E-state index contributed by atoms with van der Waals surface area (Å²) in [4.78, 5) is 15.2. The Morgan fingerprint density at radius 2 is 2.18 bits per heavy atom. The third-order valence-corrected chi connectivity index (χ3v) is 4.52. The fraction of sp³-hybridized carbons (Fsp3) is 0.412. The van der Waals surface area contributed by atoms with Crippen LogP contribution in [-0.4, -0.2) is 28.0 Å². The second-order valence-corrected chi connectivity index (χ2v) is 6.44. The lowest BCUT2D eigenvalue weighted by Crippen LogP contribution is -2.35. The Morgan fingerprint density at radius 3 is 3.00 bits per heavy atom. The van der Waals surface area contributed by atoms with Crippen molar-refractivity contribution in [2.45, 2.75) is 26.7 Å². The Labute approximate surface area is 129 Å². The van der Waals surface area contributed by atoms with Gasteiger partial charge in [-0.05, 0) is 43.9 Å². The summed E-state index contributed by atoms with van der Waals surface area (Å²) in [6, 6.07) is 5.95. The summed E-state index contributed by atoms with van der Waals surface area (Å²) in [5.41, 5.74) is 8.73. The number of piperidine rings is 1. The van der Waals surface area contributed by atoms with E-state index < -0.39 is 0 Å². The largest absolute Gasteiger partial charge is 0.399 e. The molecule has 114 valence electrons. The van der Waals surface area contributed by atoms with Crippen LogP contribution < -0.4 is 10.6 Å². The SMILES string of the molecule is Cc1nc(N2CCCC(C)C2)c2c(n1)[nH]c1ccc(N)cc12. The number of nitrogens with two attached hydrogens (primary N) is 1. The molecule has 0 spiro atoms. The van der Waals surface area contributed by atoms with Crippen LogP contribution in [0.15, 0.2) is 18.2 Å². The van der Waals surface area contributed by atoms with Crippen LogP contribution in [-0.2, 0) is 0 Å². The molecule has 3 heterocycles. The molecule has 5 heteroatoms. The Balaban J connectivity index is 1.99. The average molecular weight is 295 g/mol. The molecule has 0 saturated carbocycles. The molecule has 1 unspecified atom stereocenters. The molecule has 22 heavy (non-hydrogen) atoms. The van der Waals surface area contributed by atoms with Gasteiger partial charge >= 0.3 is 0 Å². The van der Waals surface area contributed by atoms with Gasteiger partial charge in [-0.3, -0.25) is 0 Å². The molecule has 1 aliphatic heterocycles. The zero-order valence-electron chi connectivity index (χ0n) is 13.1. The van der Waals surface area contributed by atoms with Gasteiger partial charge in [-0.1, -0.05) is 6.92 Å². The maximum Gasteiger partial charge on any atom is 0.144 e. The van der Waals surface area contributed by atoms with Crippen LogP contribution in [0.25, 0.3) is 21.9 Å².